The lowest BCUT2D eigenvalue weighted by Gasteiger charge is -2.36. The van der Waals surface area contributed by atoms with E-state index in [1.54, 1.807) is 12.1 Å². The maximum atomic E-state index is 12.3. The number of nitrogens with one attached hydrogen (secondary N) is 1. The summed E-state index contributed by atoms with van der Waals surface area (Å²) in [5, 5.41) is 4.08. The molecule has 1 N–H and O–H groups in total. The Morgan fingerprint density at radius 3 is 2.56 bits per heavy atom. The summed E-state index contributed by atoms with van der Waals surface area (Å²) >= 11 is 5.60. The van der Waals surface area contributed by atoms with Crippen molar-refractivity contribution in [3.05, 3.63) is 53.5 Å². The van der Waals surface area contributed by atoms with E-state index in [9.17, 15) is 4.79 Å². The molecular formula is C21H27N3O2S. The van der Waals surface area contributed by atoms with Crippen LogP contribution in [0.2, 0.25) is 0 Å². The van der Waals surface area contributed by atoms with Crippen molar-refractivity contribution < 1.29 is 9.21 Å². The van der Waals surface area contributed by atoms with Gasteiger partial charge in [0.15, 0.2) is 10.9 Å². The molecular weight excluding hydrogens is 358 g/mol. The highest BCUT2D eigenvalue weighted by molar-refractivity contribution is 7.80. The Kier molecular flexibility index (Phi) is 6.50. The number of nitrogens with zero attached hydrogens (tertiary/aromatic N) is 2. The van der Waals surface area contributed by atoms with Crippen LogP contribution in [0.15, 0.2) is 41.0 Å². The highest BCUT2D eigenvalue weighted by Crippen LogP contribution is 2.19. The van der Waals surface area contributed by atoms with E-state index in [1.807, 2.05) is 4.90 Å². The van der Waals surface area contributed by atoms with Crippen LogP contribution in [0, 0.1) is 6.92 Å². The molecule has 0 saturated carbocycles. The monoisotopic (exact) mass is 385 g/mol. The van der Waals surface area contributed by atoms with Crippen molar-refractivity contribution in [2.75, 3.05) is 31.5 Å². The molecule has 0 unspecified atom stereocenters. The largest absolute Gasteiger partial charge is 0.459 e. The molecule has 1 aromatic carbocycles. The Morgan fingerprint density at radius 2 is 1.93 bits per heavy atom. The molecule has 2 heterocycles. The average Bonchev–Trinajstić information content (AvgIpc) is 3.22. The van der Waals surface area contributed by atoms with Gasteiger partial charge in [-0.1, -0.05) is 25.5 Å². The number of carbonyl (C=O) groups excluding carboxylic acids is 1. The molecule has 0 atom stereocenters. The highest BCUT2D eigenvalue weighted by atomic mass is 32.1. The van der Waals surface area contributed by atoms with Crippen LogP contribution >= 0.6 is 12.2 Å². The number of aryl methyl sites for hydroxylation is 2. The van der Waals surface area contributed by atoms with E-state index in [1.165, 1.54) is 30.2 Å². The molecule has 0 aliphatic carbocycles. The lowest BCUT2D eigenvalue weighted by molar-refractivity contribution is 0.0661. The molecule has 1 aliphatic heterocycles. The fourth-order valence-corrected chi connectivity index (χ4v) is 3.56. The zero-order valence-corrected chi connectivity index (χ0v) is 16.8. The molecule has 0 spiro atoms. The van der Waals surface area contributed by atoms with Crippen molar-refractivity contribution >= 4 is 28.9 Å². The van der Waals surface area contributed by atoms with E-state index in [0.29, 0.717) is 37.1 Å². The van der Waals surface area contributed by atoms with Gasteiger partial charge in [-0.15, -0.1) is 0 Å². The average molecular weight is 386 g/mol. The van der Waals surface area contributed by atoms with Crippen LogP contribution in [0.25, 0.3) is 0 Å². The van der Waals surface area contributed by atoms with E-state index in [-0.39, 0.29) is 5.91 Å². The quantitative estimate of drug-likeness (QED) is 0.786. The number of thiocarbonyl (C=S) groups is 1. The summed E-state index contributed by atoms with van der Waals surface area (Å²) in [7, 11) is 0. The number of amides is 1. The summed E-state index contributed by atoms with van der Waals surface area (Å²) in [6.45, 7) is 7.02. The molecule has 0 radical (unpaired) electrons. The van der Waals surface area contributed by atoms with E-state index in [4.69, 9.17) is 16.6 Å². The third-order valence-electron chi connectivity index (χ3n) is 4.94. The lowest BCUT2D eigenvalue weighted by atomic mass is 10.0. The third-order valence-corrected chi connectivity index (χ3v) is 5.30. The van der Waals surface area contributed by atoms with Crippen molar-refractivity contribution in [3.63, 3.8) is 0 Å². The SMILES string of the molecule is CCCCc1ccc(NC(=S)N2CCN(C(=O)c3ccco3)CC2)c(C)c1. The van der Waals surface area contributed by atoms with E-state index >= 15 is 0 Å². The topological polar surface area (TPSA) is 48.7 Å². The van der Waals surface area contributed by atoms with Gasteiger partial charge in [0.25, 0.3) is 5.91 Å². The maximum absolute atomic E-state index is 12.3. The third kappa shape index (κ3) is 4.89. The number of furan rings is 1. The van der Waals surface area contributed by atoms with Gasteiger partial charge in [-0.05, 0) is 61.3 Å². The van der Waals surface area contributed by atoms with Gasteiger partial charge in [0, 0.05) is 31.9 Å². The number of rotatable bonds is 5. The Bertz CT molecular complexity index is 781. The number of hydrogen-bond acceptors (Lipinski definition) is 3. The number of anilines is 1. The second-order valence-corrected chi connectivity index (χ2v) is 7.33. The van der Waals surface area contributed by atoms with Gasteiger partial charge in [0.05, 0.1) is 6.26 Å². The predicted octanol–water partition coefficient (Wildman–Crippen LogP) is 4.09. The van der Waals surface area contributed by atoms with Crippen LogP contribution in [0.1, 0.15) is 41.4 Å². The summed E-state index contributed by atoms with van der Waals surface area (Å²) in [5.41, 5.74) is 3.63. The summed E-state index contributed by atoms with van der Waals surface area (Å²) in [5.74, 6) is 0.333. The minimum atomic E-state index is -0.0583. The van der Waals surface area contributed by atoms with Gasteiger partial charge in [-0.2, -0.15) is 0 Å². The van der Waals surface area contributed by atoms with Crippen molar-refractivity contribution in [1.82, 2.24) is 9.80 Å². The van der Waals surface area contributed by atoms with Gasteiger partial charge in [-0.3, -0.25) is 4.79 Å². The smallest absolute Gasteiger partial charge is 0.289 e. The highest BCUT2D eigenvalue weighted by Gasteiger charge is 2.24. The van der Waals surface area contributed by atoms with Gasteiger partial charge in [0.1, 0.15) is 0 Å². The Morgan fingerprint density at radius 1 is 1.19 bits per heavy atom. The van der Waals surface area contributed by atoms with E-state index < -0.39 is 0 Å². The predicted molar refractivity (Wildman–Crippen MR) is 112 cm³/mol. The first-order valence-electron chi connectivity index (χ1n) is 9.56. The van der Waals surface area contributed by atoms with Crippen LogP contribution in [0.4, 0.5) is 5.69 Å². The van der Waals surface area contributed by atoms with Crippen LogP contribution in [-0.2, 0) is 6.42 Å². The number of hydrogen-bond donors (Lipinski definition) is 1. The Hall–Kier alpha value is -2.34. The summed E-state index contributed by atoms with van der Waals surface area (Å²) < 4.78 is 5.21. The van der Waals surface area contributed by atoms with Crippen molar-refractivity contribution in [1.29, 1.82) is 0 Å². The number of unbranched alkanes of at least 4 members (excludes halogenated alkanes) is 1. The normalized spacial score (nSPS) is 14.3. The van der Waals surface area contributed by atoms with Crippen LogP contribution in [0.5, 0.6) is 0 Å². The van der Waals surface area contributed by atoms with E-state index in [2.05, 4.69) is 42.3 Å². The molecule has 3 rings (SSSR count). The number of benzene rings is 1. The molecule has 144 valence electrons. The van der Waals surface area contributed by atoms with Crippen LogP contribution in [-0.4, -0.2) is 47.0 Å². The molecule has 1 aromatic heterocycles. The van der Waals surface area contributed by atoms with E-state index in [0.717, 1.165) is 12.1 Å². The number of carbonyl (C=O) groups is 1. The first kappa shape index (κ1) is 19.4. The van der Waals surface area contributed by atoms with Gasteiger partial charge in [0.2, 0.25) is 0 Å². The van der Waals surface area contributed by atoms with Crippen molar-refractivity contribution in [2.45, 2.75) is 33.1 Å². The van der Waals surface area contributed by atoms with Crippen molar-refractivity contribution in [3.8, 4) is 0 Å². The maximum Gasteiger partial charge on any atom is 0.289 e. The van der Waals surface area contributed by atoms with Crippen molar-refractivity contribution in [2.24, 2.45) is 0 Å². The molecule has 1 saturated heterocycles. The molecule has 1 fully saturated rings. The minimum Gasteiger partial charge on any atom is -0.459 e. The van der Waals surface area contributed by atoms with Gasteiger partial charge >= 0.3 is 0 Å². The molecule has 5 nitrogen and oxygen atoms in total. The molecule has 27 heavy (non-hydrogen) atoms. The van der Waals surface area contributed by atoms with Gasteiger partial charge in [-0.25, -0.2) is 0 Å². The standard InChI is InChI=1S/C21H27N3O2S/c1-3-4-6-17-8-9-18(16(2)15-17)22-21(27)24-12-10-23(11-13-24)20(25)19-7-5-14-26-19/h5,7-9,14-15H,3-4,6,10-13H2,1-2H3,(H,22,27). The molecule has 6 heteroatoms. The minimum absolute atomic E-state index is 0.0583. The van der Waals surface area contributed by atoms with Crippen LogP contribution < -0.4 is 5.32 Å². The van der Waals surface area contributed by atoms with Gasteiger partial charge < -0.3 is 19.5 Å². The fourth-order valence-electron chi connectivity index (χ4n) is 3.27. The zero-order valence-electron chi connectivity index (χ0n) is 16.0. The first-order chi connectivity index (χ1) is 13.1. The Labute approximate surface area is 166 Å². The second kappa shape index (κ2) is 9.04. The summed E-state index contributed by atoms with van der Waals surface area (Å²) in [4.78, 5) is 16.3. The number of piperazine rings is 1. The summed E-state index contributed by atoms with van der Waals surface area (Å²) in [6, 6.07) is 9.96. The molecule has 1 amide bonds. The van der Waals surface area contributed by atoms with Crippen LogP contribution in [0.3, 0.4) is 0 Å². The molecule has 1 aliphatic rings. The lowest BCUT2D eigenvalue weighted by Crippen LogP contribution is -2.51. The second-order valence-electron chi connectivity index (χ2n) is 6.94. The first-order valence-corrected chi connectivity index (χ1v) is 9.97. The zero-order chi connectivity index (χ0) is 19.2. The Balaban J connectivity index is 1.53. The molecule has 0 bridgehead atoms. The summed E-state index contributed by atoms with van der Waals surface area (Å²) in [6.07, 6.45) is 5.06. The molecule has 2 aromatic rings. The fraction of sp³-hybridized carbons (Fsp3) is 0.429.